The molecule has 4 heteroatoms. The van der Waals surface area contributed by atoms with Gasteiger partial charge in [-0.25, -0.2) is 0 Å². The van der Waals surface area contributed by atoms with E-state index in [1.807, 2.05) is 39.9 Å². The Hall–Kier alpha value is -1.21. The zero-order valence-corrected chi connectivity index (χ0v) is 9.55. The summed E-state index contributed by atoms with van der Waals surface area (Å²) >= 11 is 2.16. The Kier molecular flexibility index (Phi) is 2.90. The van der Waals surface area contributed by atoms with E-state index in [1.165, 1.54) is 0 Å². The van der Waals surface area contributed by atoms with Crippen LogP contribution in [-0.4, -0.2) is 9.97 Å². The van der Waals surface area contributed by atoms with E-state index in [-0.39, 0.29) is 0 Å². The summed E-state index contributed by atoms with van der Waals surface area (Å²) in [7, 11) is 0. The van der Waals surface area contributed by atoms with Crippen LogP contribution in [0.3, 0.4) is 0 Å². The number of rotatable bonds is 2. The molecule has 2 rings (SSSR count). The van der Waals surface area contributed by atoms with E-state index in [1.54, 1.807) is 12.4 Å². The van der Waals surface area contributed by atoms with Crippen LogP contribution >= 0.6 is 0 Å². The van der Waals surface area contributed by atoms with Crippen molar-refractivity contribution in [3.63, 3.8) is 0 Å². The number of pyridine rings is 2. The van der Waals surface area contributed by atoms with Crippen molar-refractivity contribution in [2.75, 3.05) is 3.46 Å². The maximum atomic E-state index is 4.23. The van der Waals surface area contributed by atoms with Crippen molar-refractivity contribution < 1.29 is 20.1 Å². The van der Waals surface area contributed by atoms with Crippen LogP contribution in [0.25, 0.3) is 0 Å². The second-order valence-electron chi connectivity index (χ2n) is 2.63. The van der Waals surface area contributed by atoms with Crippen LogP contribution in [0.5, 0.6) is 0 Å². The fourth-order valence-corrected chi connectivity index (χ4v) is 1.64. The van der Waals surface area contributed by atoms with Crippen molar-refractivity contribution in [2.24, 2.45) is 0 Å². The van der Waals surface area contributed by atoms with Crippen LogP contribution in [0, 0.1) is 0 Å². The SMILES string of the molecule is [Pt][N](c1ccccn1)c1ccccn1. The number of anilines is 2. The fraction of sp³-hybridized carbons (Fsp3) is 0. The Morgan fingerprint density at radius 1 is 0.857 bits per heavy atom. The Morgan fingerprint density at radius 2 is 1.36 bits per heavy atom. The van der Waals surface area contributed by atoms with E-state index in [4.69, 9.17) is 0 Å². The molecule has 0 amide bonds. The molecular weight excluding hydrogens is 357 g/mol. The van der Waals surface area contributed by atoms with Gasteiger partial charge in [-0.1, -0.05) is 0 Å². The van der Waals surface area contributed by atoms with Gasteiger partial charge in [-0.05, 0) is 0 Å². The van der Waals surface area contributed by atoms with Crippen molar-refractivity contribution in [1.82, 2.24) is 9.97 Å². The van der Waals surface area contributed by atoms with E-state index >= 15 is 0 Å². The summed E-state index contributed by atoms with van der Waals surface area (Å²) in [5, 5.41) is 0. The Labute approximate surface area is 94.0 Å². The molecule has 0 atom stereocenters. The number of aromatic nitrogens is 2. The number of hydrogen-bond donors (Lipinski definition) is 0. The summed E-state index contributed by atoms with van der Waals surface area (Å²) in [6.07, 6.45) is 3.54. The normalized spacial score (nSPS) is 9.86. The van der Waals surface area contributed by atoms with Crippen LogP contribution in [-0.2, 0) is 20.1 Å². The Morgan fingerprint density at radius 3 is 1.71 bits per heavy atom. The van der Waals surface area contributed by atoms with Crippen LogP contribution in [0.15, 0.2) is 48.8 Å². The van der Waals surface area contributed by atoms with Crippen molar-refractivity contribution in [3.05, 3.63) is 48.8 Å². The summed E-state index contributed by atoms with van der Waals surface area (Å²) in [5.74, 6) is 1.76. The summed E-state index contributed by atoms with van der Waals surface area (Å²) in [6, 6.07) is 11.6. The maximum absolute atomic E-state index is 4.23. The van der Waals surface area contributed by atoms with Gasteiger partial charge in [-0.2, -0.15) is 0 Å². The molecule has 0 saturated heterocycles. The quantitative estimate of drug-likeness (QED) is 0.816. The molecule has 0 spiro atoms. The van der Waals surface area contributed by atoms with E-state index < -0.39 is 0 Å². The average Bonchev–Trinajstić information content (AvgIpc) is 2.30. The summed E-state index contributed by atoms with van der Waals surface area (Å²) < 4.78 is 1.92. The van der Waals surface area contributed by atoms with E-state index in [0.717, 1.165) is 11.6 Å². The molecule has 0 bridgehead atoms. The molecule has 0 N–H and O–H groups in total. The van der Waals surface area contributed by atoms with Gasteiger partial charge >= 0.3 is 93.9 Å². The van der Waals surface area contributed by atoms with Gasteiger partial charge in [0.15, 0.2) is 0 Å². The Bertz CT molecular complexity index is 351. The third kappa shape index (κ3) is 1.99. The first-order chi connectivity index (χ1) is 6.88. The van der Waals surface area contributed by atoms with Crippen LogP contribution in [0.1, 0.15) is 0 Å². The molecule has 73 valence electrons. The molecule has 14 heavy (non-hydrogen) atoms. The second-order valence-corrected chi connectivity index (χ2v) is 3.65. The van der Waals surface area contributed by atoms with E-state index in [2.05, 4.69) is 30.0 Å². The number of hydrogen-bond acceptors (Lipinski definition) is 3. The third-order valence-corrected chi connectivity index (χ3v) is 2.71. The van der Waals surface area contributed by atoms with Gasteiger partial charge in [0.1, 0.15) is 0 Å². The first kappa shape index (κ1) is 9.35. The predicted molar refractivity (Wildman–Crippen MR) is 50.6 cm³/mol. The molecule has 3 nitrogen and oxygen atoms in total. The predicted octanol–water partition coefficient (Wildman–Crippen LogP) is 2.08. The van der Waals surface area contributed by atoms with Crippen molar-refractivity contribution in [2.45, 2.75) is 0 Å². The van der Waals surface area contributed by atoms with Crippen molar-refractivity contribution in [3.8, 4) is 0 Å². The van der Waals surface area contributed by atoms with Crippen LogP contribution in [0.4, 0.5) is 11.6 Å². The van der Waals surface area contributed by atoms with Gasteiger partial charge in [-0.3, -0.25) is 0 Å². The van der Waals surface area contributed by atoms with Crippen LogP contribution < -0.4 is 3.46 Å². The average molecular weight is 365 g/mol. The van der Waals surface area contributed by atoms with E-state index in [0.29, 0.717) is 0 Å². The standard InChI is InChI=1S/C10H8N3.Pt/c1-3-7-11-9(5-1)13-10-6-2-4-8-12-10;/h1-8H;/q-1;+1. The molecule has 0 saturated carbocycles. The molecule has 2 aromatic heterocycles. The zero-order valence-electron chi connectivity index (χ0n) is 7.28. The molecule has 2 heterocycles. The van der Waals surface area contributed by atoms with Gasteiger partial charge in [0.25, 0.3) is 0 Å². The van der Waals surface area contributed by atoms with Crippen molar-refractivity contribution >= 4 is 11.6 Å². The van der Waals surface area contributed by atoms with Crippen molar-refractivity contribution in [1.29, 1.82) is 0 Å². The molecular formula is C10H8N3Pt. The van der Waals surface area contributed by atoms with Gasteiger partial charge in [0.05, 0.1) is 0 Å². The first-order valence-electron chi connectivity index (χ1n) is 4.13. The first-order valence-corrected chi connectivity index (χ1v) is 5.15. The molecule has 0 fully saturated rings. The molecule has 0 aliphatic rings. The molecule has 0 aromatic carbocycles. The zero-order chi connectivity index (χ0) is 9.80. The molecule has 0 aliphatic carbocycles. The monoisotopic (exact) mass is 365 g/mol. The minimum absolute atomic E-state index is 0.882. The Balaban J connectivity index is 2.30. The van der Waals surface area contributed by atoms with Gasteiger partial charge in [0, 0.05) is 0 Å². The fourth-order valence-electron chi connectivity index (χ4n) is 1.04. The minimum atomic E-state index is 0.882. The van der Waals surface area contributed by atoms with Gasteiger partial charge in [-0.15, -0.1) is 0 Å². The second kappa shape index (κ2) is 4.34. The van der Waals surface area contributed by atoms with Gasteiger partial charge in [0.2, 0.25) is 0 Å². The molecule has 2 aromatic rings. The van der Waals surface area contributed by atoms with E-state index in [9.17, 15) is 0 Å². The third-order valence-electron chi connectivity index (χ3n) is 1.67. The molecule has 0 aliphatic heterocycles. The molecule has 0 unspecified atom stereocenters. The number of nitrogens with zero attached hydrogens (tertiary/aromatic N) is 3. The summed E-state index contributed by atoms with van der Waals surface area (Å²) in [5.41, 5.74) is 0. The van der Waals surface area contributed by atoms with Gasteiger partial charge < -0.3 is 0 Å². The summed E-state index contributed by atoms with van der Waals surface area (Å²) in [6.45, 7) is 0. The summed E-state index contributed by atoms with van der Waals surface area (Å²) in [4.78, 5) is 8.47. The topological polar surface area (TPSA) is 29.0 Å². The molecule has 0 radical (unpaired) electrons. The van der Waals surface area contributed by atoms with Crippen LogP contribution in [0.2, 0.25) is 0 Å².